The number of halogens is 24. The Morgan fingerprint density at radius 3 is 0.395 bits per heavy atom. The highest BCUT2D eigenvalue weighted by molar-refractivity contribution is 5.51. The Morgan fingerprint density at radius 2 is 0.237 bits per heavy atom. The quantitative estimate of drug-likeness (QED) is 0.250. The van der Waals surface area contributed by atoms with E-state index in [0.29, 0.717) is 0 Å². The molecule has 0 N–H and O–H groups in total. The van der Waals surface area contributed by atoms with Crippen LogP contribution in [0.1, 0.15) is 0 Å². The Bertz CT molecular complexity index is 982. The normalized spacial score (nSPS) is 47.4. The number of hydrogen-bond acceptors (Lipinski definition) is 0. The summed E-state index contributed by atoms with van der Waals surface area (Å²) in [6.07, 6.45) is 0. The smallest absolute Gasteiger partial charge is 0.229 e. The van der Waals surface area contributed by atoms with E-state index < -0.39 is 81.9 Å². The summed E-state index contributed by atoms with van der Waals surface area (Å²) in [6.45, 7) is 0. The van der Waals surface area contributed by atoms with Crippen LogP contribution in [0.5, 0.6) is 0 Å². The standard InChI is InChI=1S/C14F24/c15-1-2(16)4(18,10(29,30)14(37,38)12(33,34)6(2,21)22)8(25,26)7(23,24)3(1,17)9(27,28)13(35,36)11(31,32)5(1,19)20/t1-,2+,3-,4-/m0/s1. The average Bonchev–Trinajstić information content (AvgIpc) is 2.72. The first-order chi connectivity index (χ1) is 16.0. The number of rotatable bonds is 0. The van der Waals surface area contributed by atoms with E-state index in [4.69, 9.17) is 0 Å². The zero-order valence-corrected chi connectivity index (χ0v) is 16.1. The maximum atomic E-state index is 15.3. The third-order valence-corrected chi connectivity index (χ3v) is 6.78. The number of fused-ring (bicyclic) bond motifs is 3. The van der Waals surface area contributed by atoms with Gasteiger partial charge in [-0.2, -0.15) is 87.8 Å². The molecule has 0 amide bonds. The molecule has 38 heavy (non-hydrogen) atoms. The van der Waals surface area contributed by atoms with Gasteiger partial charge in [0.15, 0.2) is 0 Å². The van der Waals surface area contributed by atoms with Gasteiger partial charge in [-0.25, -0.2) is 17.6 Å². The summed E-state index contributed by atoms with van der Waals surface area (Å²) >= 11 is 0. The van der Waals surface area contributed by atoms with Crippen molar-refractivity contribution >= 4 is 0 Å². The molecule has 3 rings (SSSR count). The maximum absolute atomic E-state index is 15.3. The molecular weight excluding hydrogens is 624 g/mol. The second-order valence-electron chi connectivity index (χ2n) is 8.38. The molecule has 24 heteroatoms. The number of hydrogen-bond donors (Lipinski definition) is 0. The third-order valence-electron chi connectivity index (χ3n) is 6.78. The molecule has 0 bridgehead atoms. The van der Waals surface area contributed by atoms with Crippen LogP contribution in [0.25, 0.3) is 0 Å². The Hall–Kier alpha value is -1.68. The molecule has 0 radical (unpaired) electrons. The van der Waals surface area contributed by atoms with E-state index in [9.17, 15) is 96.6 Å². The Balaban J connectivity index is 2.86. The monoisotopic (exact) mass is 624 g/mol. The summed E-state index contributed by atoms with van der Waals surface area (Å²) in [5, 5.41) is 0. The van der Waals surface area contributed by atoms with Gasteiger partial charge in [0.25, 0.3) is 22.7 Å². The maximum Gasteiger partial charge on any atom is 0.382 e. The van der Waals surface area contributed by atoms with Crippen molar-refractivity contribution in [2.75, 3.05) is 0 Å². The summed E-state index contributed by atoms with van der Waals surface area (Å²) in [7, 11) is 0. The van der Waals surface area contributed by atoms with E-state index in [2.05, 4.69) is 0 Å². The van der Waals surface area contributed by atoms with Crippen molar-refractivity contribution < 1.29 is 105 Å². The Morgan fingerprint density at radius 1 is 0.132 bits per heavy atom. The molecular formula is C14F24. The van der Waals surface area contributed by atoms with Gasteiger partial charge in [0.05, 0.1) is 0 Å². The van der Waals surface area contributed by atoms with Crippen molar-refractivity contribution in [3.8, 4) is 0 Å². The van der Waals surface area contributed by atoms with Gasteiger partial charge < -0.3 is 0 Å². The average molecular weight is 624 g/mol. The van der Waals surface area contributed by atoms with Gasteiger partial charge in [-0.15, -0.1) is 0 Å². The number of alkyl halides is 24. The van der Waals surface area contributed by atoms with E-state index in [-0.39, 0.29) is 0 Å². The first-order valence-corrected chi connectivity index (χ1v) is 8.54. The van der Waals surface area contributed by atoms with Crippen molar-refractivity contribution in [1.29, 1.82) is 0 Å². The zero-order valence-electron chi connectivity index (χ0n) is 16.1. The summed E-state index contributed by atoms with van der Waals surface area (Å²) in [4.78, 5) is 0. The molecule has 224 valence electrons. The molecule has 0 saturated heterocycles. The fourth-order valence-electron chi connectivity index (χ4n) is 4.69. The molecule has 0 heterocycles. The molecule has 0 aromatic carbocycles. The molecule has 3 fully saturated rings. The fourth-order valence-corrected chi connectivity index (χ4v) is 4.69. The molecule has 0 aromatic rings. The van der Waals surface area contributed by atoms with Gasteiger partial charge in [0.1, 0.15) is 0 Å². The van der Waals surface area contributed by atoms with Crippen molar-refractivity contribution in [1.82, 2.24) is 0 Å². The van der Waals surface area contributed by atoms with Gasteiger partial charge in [-0.1, -0.05) is 0 Å². The van der Waals surface area contributed by atoms with Crippen LogP contribution in [0.15, 0.2) is 0 Å². The van der Waals surface area contributed by atoms with Crippen LogP contribution < -0.4 is 0 Å². The lowest BCUT2D eigenvalue weighted by molar-refractivity contribution is -0.587. The van der Waals surface area contributed by atoms with Crippen molar-refractivity contribution in [2.24, 2.45) is 0 Å². The van der Waals surface area contributed by atoms with E-state index in [1.807, 2.05) is 0 Å². The molecule has 0 nitrogen and oxygen atoms in total. The SMILES string of the molecule is FC1(F)C(F)(F)C(F)(F)[C@@]2(F)[C@@](F)(C1(F)F)C(F)(F)C(F)(F)[C@]1(F)C(F)(F)C(F)(F)C(F)(F)C(F)(F)[C@]12F. The molecule has 3 aliphatic rings. The molecule has 0 aromatic heterocycles. The zero-order chi connectivity index (χ0) is 31.0. The van der Waals surface area contributed by atoms with Gasteiger partial charge in [-0.05, 0) is 0 Å². The summed E-state index contributed by atoms with van der Waals surface area (Å²) in [6, 6.07) is 0. The minimum Gasteiger partial charge on any atom is -0.229 e. The highest BCUT2D eigenvalue weighted by atomic mass is 19.4. The first-order valence-electron chi connectivity index (χ1n) is 8.54. The third kappa shape index (κ3) is 1.88. The van der Waals surface area contributed by atoms with Gasteiger partial charge in [0.2, 0.25) is 0 Å². The largest absolute Gasteiger partial charge is 0.382 e. The summed E-state index contributed by atoms with van der Waals surface area (Å²) in [5.74, 6) is -91.1. The predicted molar refractivity (Wildman–Crippen MR) is 64.8 cm³/mol. The summed E-state index contributed by atoms with van der Waals surface area (Å²) < 4.78 is 339. The summed E-state index contributed by atoms with van der Waals surface area (Å²) in [5.41, 5.74) is -38.6. The first kappa shape index (κ1) is 30.9. The van der Waals surface area contributed by atoms with Crippen LogP contribution in [0, 0.1) is 0 Å². The van der Waals surface area contributed by atoms with Crippen LogP contribution in [0.4, 0.5) is 105 Å². The van der Waals surface area contributed by atoms with Crippen LogP contribution in [0.3, 0.4) is 0 Å². The minimum atomic E-state index is -9.77. The minimum absolute atomic E-state index is 8.76. The van der Waals surface area contributed by atoms with Crippen LogP contribution in [-0.4, -0.2) is 81.9 Å². The molecule has 4 atom stereocenters. The van der Waals surface area contributed by atoms with E-state index in [1.54, 1.807) is 0 Å². The molecule has 3 aliphatic carbocycles. The van der Waals surface area contributed by atoms with Gasteiger partial charge in [-0.3, -0.25) is 0 Å². The van der Waals surface area contributed by atoms with Gasteiger partial charge in [0, 0.05) is 0 Å². The van der Waals surface area contributed by atoms with Crippen LogP contribution >= 0.6 is 0 Å². The Kier molecular flexibility index (Phi) is 4.98. The molecule has 0 unspecified atom stereocenters. The lowest BCUT2D eigenvalue weighted by Crippen LogP contribution is -3.06. The lowest BCUT2D eigenvalue weighted by Gasteiger charge is -2.70. The second kappa shape index (κ2) is 6.14. The highest BCUT2D eigenvalue weighted by Crippen LogP contribution is 2.87. The molecule has 0 spiro atoms. The molecule has 0 aliphatic heterocycles. The topological polar surface area (TPSA) is 0 Å². The van der Waals surface area contributed by atoms with Crippen molar-refractivity contribution in [3.05, 3.63) is 0 Å². The van der Waals surface area contributed by atoms with Gasteiger partial charge >= 0.3 is 59.2 Å². The van der Waals surface area contributed by atoms with Crippen LogP contribution in [-0.2, 0) is 0 Å². The van der Waals surface area contributed by atoms with Crippen LogP contribution in [0.2, 0.25) is 0 Å². The second-order valence-corrected chi connectivity index (χ2v) is 8.38. The fraction of sp³-hybridized carbons (Fsp3) is 1.00. The molecule has 3 saturated carbocycles. The highest BCUT2D eigenvalue weighted by Gasteiger charge is 3.21. The lowest BCUT2D eigenvalue weighted by atomic mass is 9.43. The predicted octanol–water partition coefficient (Wildman–Crippen LogP) is 7.21. The van der Waals surface area contributed by atoms with E-state index >= 15 is 8.78 Å². The van der Waals surface area contributed by atoms with Crippen molar-refractivity contribution in [2.45, 2.75) is 81.9 Å². The van der Waals surface area contributed by atoms with E-state index in [1.165, 1.54) is 0 Å². The Labute approximate surface area is 188 Å². The van der Waals surface area contributed by atoms with E-state index in [0.717, 1.165) is 0 Å². The van der Waals surface area contributed by atoms with Crippen molar-refractivity contribution in [3.63, 3.8) is 0 Å².